The molecule has 0 atom stereocenters. The Hall–Kier alpha value is -0.890. The number of allylic oxidation sites excluding steroid dienone is 1. The minimum absolute atomic E-state index is 1.01. The molecular formula is C11H18N2. The predicted octanol–water partition coefficient (Wildman–Crippen LogP) is 2.24. The first-order valence-corrected chi connectivity index (χ1v) is 4.68. The highest BCUT2D eigenvalue weighted by atomic mass is 15.1. The van der Waals surface area contributed by atoms with Gasteiger partial charge >= 0.3 is 0 Å². The van der Waals surface area contributed by atoms with Gasteiger partial charge in [0.1, 0.15) is 0 Å². The number of hydrogen-bond donors (Lipinski definition) is 0. The summed E-state index contributed by atoms with van der Waals surface area (Å²) in [5, 5.41) is 0. The molecule has 0 saturated heterocycles. The van der Waals surface area contributed by atoms with E-state index in [2.05, 4.69) is 30.4 Å². The van der Waals surface area contributed by atoms with Gasteiger partial charge in [-0.2, -0.15) is 0 Å². The third-order valence-electron chi connectivity index (χ3n) is 2.34. The van der Waals surface area contributed by atoms with Crippen molar-refractivity contribution in [3.63, 3.8) is 0 Å². The van der Waals surface area contributed by atoms with Crippen molar-refractivity contribution < 1.29 is 0 Å². The molecule has 0 fully saturated rings. The molecule has 0 saturated carbocycles. The third kappa shape index (κ3) is 2.81. The maximum atomic E-state index is 4.52. The molecular weight excluding hydrogens is 160 g/mol. The van der Waals surface area contributed by atoms with Crippen LogP contribution in [0.4, 0.5) is 0 Å². The summed E-state index contributed by atoms with van der Waals surface area (Å²) in [5.74, 6) is 0. The second-order valence-electron chi connectivity index (χ2n) is 3.67. The van der Waals surface area contributed by atoms with E-state index >= 15 is 0 Å². The first kappa shape index (κ1) is 10.2. The van der Waals surface area contributed by atoms with E-state index in [9.17, 15) is 0 Å². The molecule has 0 radical (unpaired) electrons. The van der Waals surface area contributed by atoms with E-state index in [1.807, 2.05) is 6.92 Å². The lowest BCUT2D eigenvalue weighted by Gasteiger charge is -2.24. The lowest BCUT2D eigenvalue weighted by molar-refractivity contribution is 0.347. The van der Waals surface area contributed by atoms with Crippen molar-refractivity contribution in [1.82, 2.24) is 4.90 Å². The zero-order chi connectivity index (χ0) is 9.84. The molecule has 0 amide bonds. The Balaban J connectivity index is 2.80. The van der Waals surface area contributed by atoms with Gasteiger partial charge in [0, 0.05) is 30.9 Å². The Morgan fingerprint density at radius 2 is 2.31 bits per heavy atom. The highest BCUT2D eigenvalue weighted by Gasteiger charge is 2.11. The monoisotopic (exact) mass is 178 g/mol. The Morgan fingerprint density at radius 3 is 2.85 bits per heavy atom. The van der Waals surface area contributed by atoms with Crippen LogP contribution in [0.3, 0.4) is 0 Å². The van der Waals surface area contributed by atoms with Gasteiger partial charge in [-0.15, -0.1) is 0 Å². The lowest BCUT2D eigenvalue weighted by Crippen LogP contribution is -2.26. The third-order valence-corrected chi connectivity index (χ3v) is 2.34. The molecule has 1 aliphatic rings. The minimum Gasteiger partial charge on any atom is -0.302 e. The molecule has 2 heteroatoms. The zero-order valence-electron chi connectivity index (χ0n) is 8.80. The van der Waals surface area contributed by atoms with Gasteiger partial charge in [-0.3, -0.25) is 4.99 Å². The average Bonchev–Trinajstić information content (AvgIpc) is 2.09. The van der Waals surface area contributed by atoms with Gasteiger partial charge in [-0.05, 0) is 32.5 Å². The quantitative estimate of drug-likeness (QED) is 0.592. The molecule has 0 aromatic heterocycles. The SMILES string of the molecule is C=C/C(C)=N/C1=C(C)CN(C)CC1. The van der Waals surface area contributed by atoms with Crippen molar-refractivity contribution in [2.75, 3.05) is 20.1 Å². The van der Waals surface area contributed by atoms with Crippen LogP contribution in [0.5, 0.6) is 0 Å². The largest absolute Gasteiger partial charge is 0.302 e. The van der Waals surface area contributed by atoms with E-state index in [0.717, 1.165) is 25.2 Å². The molecule has 13 heavy (non-hydrogen) atoms. The molecule has 1 aliphatic heterocycles. The smallest absolute Gasteiger partial charge is 0.0421 e. The van der Waals surface area contributed by atoms with Crippen LogP contribution in [0, 0.1) is 0 Å². The van der Waals surface area contributed by atoms with Crippen LogP contribution < -0.4 is 0 Å². The fourth-order valence-corrected chi connectivity index (χ4v) is 1.50. The van der Waals surface area contributed by atoms with Crippen molar-refractivity contribution in [2.45, 2.75) is 20.3 Å². The van der Waals surface area contributed by atoms with Crippen LogP contribution in [0.1, 0.15) is 20.3 Å². The molecule has 2 nitrogen and oxygen atoms in total. The molecule has 0 unspecified atom stereocenters. The summed E-state index contributed by atoms with van der Waals surface area (Å²) < 4.78 is 0. The molecule has 0 aromatic carbocycles. The van der Waals surface area contributed by atoms with Crippen molar-refractivity contribution in [1.29, 1.82) is 0 Å². The maximum Gasteiger partial charge on any atom is 0.0421 e. The Morgan fingerprint density at radius 1 is 1.62 bits per heavy atom. The number of likely N-dealkylation sites (N-methyl/N-ethyl adjacent to an activating group) is 1. The maximum absolute atomic E-state index is 4.52. The second kappa shape index (κ2) is 4.38. The Kier molecular flexibility index (Phi) is 3.43. The van der Waals surface area contributed by atoms with E-state index in [1.165, 1.54) is 11.3 Å². The van der Waals surface area contributed by atoms with Crippen LogP contribution in [-0.2, 0) is 0 Å². The van der Waals surface area contributed by atoms with Gasteiger partial charge in [0.05, 0.1) is 0 Å². The summed E-state index contributed by atoms with van der Waals surface area (Å²) >= 11 is 0. The van der Waals surface area contributed by atoms with Gasteiger partial charge in [0.25, 0.3) is 0 Å². The summed E-state index contributed by atoms with van der Waals surface area (Å²) in [5.41, 5.74) is 3.64. The normalized spacial score (nSPS) is 20.7. The molecule has 72 valence electrons. The number of nitrogens with zero attached hydrogens (tertiary/aromatic N) is 2. The molecule has 0 bridgehead atoms. The second-order valence-corrected chi connectivity index (χ2v) is 3.67. The fourth-order valence-electron chi connectivity index (χ4n) is 1.50. The van der Waals surface area contributed by atoms with Crippen molar-refractivity contribution in [3.05, 3.63) is 23.9 Å². The summed E-state index contributed by atoms with van der Waals surface area (Å²) in [7, 11) is 2.14. The summed E-state index contributed by atoms with van der Waals surface area (Å²) in [6, 6.07) is 0. The Labute approximate surface area is 80.7 Å². The van der Waals surface area contributed by atoms with E-state index < -0.39 is 0 Å². The summed E-state index contributed by atoms with van der Waals surface area (Å²) in [6.07, 6.45) is 2.87. The molecule has 0 aliphatic carbocycles. The van der Waals surface area contributed by atoms with Gasteiger partial charge in [-0.25, -0.2) is 0 Å². The van der Waals surface area contributed by atoms with Crippen LogP contribution in [0.15, 0.2) is 28.9 Å². The fraction of sp³-hybridized carbons (Fsp3) is 0.545. The highest BCUT2D eigenvalue weighted by Crippen LogP contribution is 2.17. The van der Waals surface area contributed by atoms with E-state index in [1.54, 1.807) is 6.08 Å². The van der Waals surface area contributed by atoms with Crippen molar-refractivity contribution in [3.8, 4) is 0 Å². The molecule has 1 heterocycles. The van der Waals surface area contributed by atoms with E-state index in [4.69, 9.17) is 0 Å². The summed E-state index contributed by atoms with van der Waals surface area (Å²) in [4.78, 5) is 6.84. The standard InChI is InChI=1S/C11H18N2/c1-5-10(3)12-11-6-7-13(4)8-9(11)2/h5H,1,6-8H2,2-4H3/b12-10+. The van der Waals surface area contributed by atoms with Crippen LogP contribution in [0.2, 0.25) is 0 Å². The molecule has 0 aromatic rings. The molecule has 0 spiro atoms. The van der Waals surface area contributed by atoms with Gasteiger partial charge in [-0.1, -0.05) is 6.58 Å². The average molecular weight is 178 g/mol. The molecule has 1 rings (SSSR count). The highest BCUT2D eigenvalue weighted by molar-refractivity contribution is 5.93. The van der Waals surface area contributed by atoms with E-state index in [0.29, 0.717) is 0 Å². The first-order chi connectivity index (χ1) is 6.13. The topological polar surface area (TPSA) is 15.6 Å². The summed E-state index contributed by atoms with van der Waals surface area (Å²) in [6.45, 7) is 10.0. The Bertz CT molecular complexity index is 261. The zero-order valence-corrected chi connectivity index (χ0v) is 8.80. The molecule has 0 N–H and O–H groups in total. The predicted molar refractivity (Wildman–Crippen MR) is 58.1 cm³/mol. The lowest BCUT2D eigenvalue weighted by atomic mass is 10.1. The van der Waals surface area contributed by atoms with Crippen LogP contribution in [-0.4, -0.2) is 30.7 Å². The van der Waals surface area contributed by atoms with Crippen LogP contribution >= 0.6 is 0 Å². The van der Waals surface area contributed by atoms with Gasteiger partial charge < -0.3 is 4.90 Å². The first-order valence-electron chi connectivity index (χ1n) is 4.68. The number of aliphatic imine (C=N–C) groups is 1. The van der Waals surface area contributed by atoms with Gasteiger partial charge in [0.15, 0.2) is 0 Å². The van der Waals surface area contributed by atoms with E-state index in [-0.39, 0.29) is 0 Å². The van der Waals surface area contributed by atoms with Crippen molar-refractivity contribution >= 4 is 5.71 Å². The van der Waals surface area contributed by atoms with Crippen LogP contribution in [0.25, 0.3) is 0 Å². The minimum atomic E-state index is 1.01. The number of rotatable bonds is 2. The van der Waals surface area contributed by atoms with Gasteiger partial charge in [0.2, 0.25) is 0 Å². The van der Waals surface area contributed by atoms with Crippen molar-refractivity contribution in [2.24, 2.45) is 4.99 Å². The number of hydrogen-bond acceptors (Lipinski definition) is 2.